The smallest absolute Gasteiger partial charge is 0.415 e. The highest BCUT2D eigenvalue weighted by atomic mass is 16.6. The second-order valence-electron chi connectivity index (χ2n) is 8.16. The minimum absolute atomic E-state index is 0.300. The molecule has 2 aromatic carbocycles. The number of hydrogen-bond acceptors (Lipinski definition) is 5. The van der Waals surface area contributed by atoms with Crippen molar-refractivity contribution in [3.05, 3.63) is 65.4 Å². The molecule has 6 heteroatoms. The third-order valence-electron chi connectivity index (χ3n) is 5.49. The van der Waals surface area contributed by atoms with Crippen molar-refractivity contribution in [3.8, 4) is 17.2 Å². The minimum atomic E-state index is -0.385. The zero-order valence-corrected chi connectivity index (χ0v) is 18.8. The van der Waals surface area contributed by atoms with Crippen molar-refractivity contribution in [1.82, 2.24) is 4.90 Å². The lowest BCUT2D eigenvalue weighted by Crippen LogP contribution is -2.32. The van der Waals surface area contributed by atoms with Gasteiger partial charge in [0, 0.05) is 43.9 Å². The van der Waals surface area contributed by atoms with Crippen LogP contribution in [-0.4, -0.2) is 36.5 Å². The first-order valence-electron chi connectivity index (χ1n) is 11.3. The van der Waals surface area contributed by atoms with Crippen LogP contribution < -0.4 is 14.2 Å². The summed E-state index contributed by atoms with van der Waals surface area (Å²) in [4.78, 5) is 18.8. The van der Waals surface area contributed by atoms with Crippen molar-refractivity contribution in [2.75, 3.05) is 13.2 Å². The predicted molar refractivity (Wildman–Crippen MR) is 125 cm³/mol. The standard InChI is InChI=1S/C26H30N2O4/c1-3-28(26(29)32-24-9-5-8-23(17-24)31-21-10-11-21)18-20-6-4-7-22(16-20)30-15-13-25-19(2)12-14-27-25/h4-9,14,16-17,21H,3,10-13,15,18H2,1-2H3. The van der Waals surface area contributed by atoms with Crippen molar-refractivity contribution in [1.29, 1.82) is 0 Å². The summed E-state index contributed by atoms with van der Waals surface area (Å²) in [6.07, 6.45) is 5.76. The number of benzene rings is 2. The van der Waals surface area contributed by atoms with Gasteiger partial charge in [-0.25, -0.2) is 4.79 Å². The largest absolute Gasteiger partial charge is 0.493 e. The number of carbonyl (C=O) groups excluding carboxylic acids is 1. The van der Waals surface area contributed by atoms with Crippen LogP contribution in [0.4, 0.5) is 4.79 Å². The molecule has 2 aliphatic rings. The maximum atomic E-state index is 12.7. The summed E-state index contributed by atoms with van der Waals surface area (Å²) in [7, 11) is 0. The number of nitrogens with zero attached hydrogens (tertiary/aromatic N) is 2. The van der Waals surface area contributed by atoms with Crippen molar-refractivity contribution in [3.63, 3.8) is 0 Å². The van der Waals surface area contributed by atoms with Crippen LogP contribution in [0.15, 0.2) is 64.8 Å². The average molecular weight is 435 g/mol. The SMILES string of the molecule is CCN(Cc1cccc(OCCC2=C(C)CC=N2)c1)C(=O)Oc1cccc(OC2CC2)c1. The molecular weight excluding hydrogens is 404 g/mol. The normalized spacial score (nSPS) is 15.1. The molecule has 1 heterocycles. The van der Waals surface area contributed by atoms with Crippen LogP contribution in [0.2, 0.25) is 0 Å². The Morgan fingerprint density at radius 1 is 1.09 bits per heavy atom. The molecule has 1 amide bonds. The Hall–Kier alpha value is -3.28. The number of amides is 1. The van der Waals surface area contributed by atoms with Gasteiger partial charge in [0.2, 0.25) is 0 Å². The number of allylic oxidation sites excluding steroid dienone is 1. The third kappa shape index (κ3) is 6.13. The number of ether oxygens (including phenoxy) is 3. The molecule has 0 atom stereocenters. The Labute approximate surface area is 189 Å². The Balaban J connectivity index is 1.31. The van der Waals surface area contributed by atoms with E-state index >= 15 is 0 Å². The number of rotatable bonds is 10. The van der Waals surface area contributed by atoms with Gasteiger partial charge in [0.05, 0.1) is 12.7 Å². The highest BCUT2D eigenvalue weighted by Gasteiger charge is 2.23. The molecule has 1 saturated carbocycles. The molecule has 0 unspecified atom stereocenters. The average Bonchev–Trinajstić information content (AvgIpc) is 3.51. The molecule has 1 aliphatic heterocycles. The van der Waals surface area contributed by atoms with E-state index in [1.54, 1.807) is 17.0 Å². The topological polar surface area (TPSA) is 60.4 Å². The maximum Gasteiger partial charge on any atom is 0.415 e. The summed E-state index contributed by atoms with van der Waals surface area (Å²) in [6, 6.07) is 15.1. The van der Waals surface area contributed by atoms with E-state index in [1.165, 1.54) is 5.57 Å². The fraction of sp³-hybridized carbons (Fsp3) is 0.385. The van der Waals surface area contributed by atoms with E-state index in [2.05, 4.69) is 11.9 Å². The highest BCUT2D eigenvalue weighted by Crippen LogP contribution is 2.29. The molecule has 32 heavy (non-hydrogen) atoms. The molecule has 0 N–H and O–H groups in total. The van der Waals surface area contributed by atoms with E-state index < -0.39 is 0 Å². The summed E-state index contributed by atoms with van der Waals surface area (Å²) in [5, 5.41) is 0. The van der Waals surface area contributed by atoms with Gasteiger partial charge in [-0.2, -0.15) is 0 Å². The minimum Gasteiger partial charge on any atom is -0.493 e. The molecule has 0 spiro atoms. The Kier molecular flexibility index (Phi) is 7.10. The fourth-order valence-corrected chi connectivity index (χ4v) is 3.48. The van der Waals surface area contributed by atoms with Crippen molar-refractivity contribution >= 4 is 12.3 Å². The van der Waals surface area contributed by atoms with Gasteiger partial charge in [-0.1, -0.05) is 18.2 Å². The number of aliphatic imine (C=N–C) groups is 1. The maximum absolute atomic E-state index is 12.7. The first-order chi connectivity index (χ1) is 15.6. The summed E-state index contributed by atoms with van der Waals surface area (Å²) in [5.74, 6) is 2.01. The molecule has 0 saturated heterocycles. The van der Waals surface area contributed by atoms with Crippen LogP contribution in [0.3, 0.4) is 0 Å². The fourth-order valence-electron chi connectivity index (χ4n) is 3.48. The monoisotopic (exact) mass is 434 g/mol. The van der Waals surface area contributed by atoms with Crippen molar-refractivity contribution in [2.24, 2.45) is 4.99 Å². The van der Waals surface area contributed by atoms with Gasteiger partial charge in [0.25, 0.3) is 0 Å². The lowest BCUT2D eigenvalue weighted by atomic mass is 10.2. The van der Waals surface area contributed by atoms with Gasteiger partial charge in [-0.05, 0) is 62.1 Å². The van der Waals surface area contributed by atoms with E-state index in [0.29, 0.717) is 31.5 Å². The zero-order valence-electron chi connectivity index (χ0n) is 18.8. The van der Waals surface area contributed by atoms with E-state index in [-0.39, 0.29) is 6.09 Å². The summed E-state index contributed by atoms with van der Waals surface area (Å²) in [5.41, 5.74) is 3.41. The van der Waals surface area contributed by atoms with Gasteiger partial charge in [-0.15, -0.1) is 0 Å². The summed E-state index contributed by atoms with van der Waals surface area (Å²) >= 11 is 0. The Morgan fingerprint density at radius 2 is 1.88 bits per heavy atom. The molecule has 0 aromatic heterocycles. The molecule has 1 fully saturated rings. The first kappa shape index (κ1) is 21.9. The van der Waals surface area contributed by atoms with Gasteiger partial charge < -0.3 is 19.1 Å². The van der Waals surface area contributed by atoms with Crippen LogP contribution in [0.5, 0.6) is 17.2 Å². The molecule has 168 valence electrons. The van der Waals surface area contributed by atoms with Crippen LogP contribution in [0.1, 0.15) is 45.1 Å². The Bertz CT molecular complexity index is 1010. The first-order valence-corrected chi connectivity index (χ1v) is 11.3. The van der Waals surface area contributed by atoms with Crippen LogP contribution in [-0.2, 0) is 6.54 Å². The van der Waals surface area contributed by atoms with E-state index in [1.807, 2.05) is 49.5 Å². The quantitative estimate of drug-likeness (QED) is 0.477. The van der Waals surface area contributed by atoms with Gasteiger partial charge in [0.1, 0.15) is 17.2 Å². The predicted octanol–water partition coefficient (Wildman–Crippen LogP) is 5.77. The second-order valence-corrected chi connectivity index (χ2v) is 8.16. The lowest BCUT2D eigenvalue weighted by molar-refractivity contribution is 0.152. The molecule has 0 radical (unpaired) electrons. The van der Waals surface area contributed by atoms with Crippen LogP contribution in [0, 0.1) is 0 Å². The molecule has 2 aromatic rings. The molecule has 4 rings (SSSR count). The molecule has 6 nitrogen and oxygen atoms in total. The summed E-state index contributed by atoms with van der Waals surface area (Å²) < 4.78 is 17.3. The number of hydrogen-bond donors (Lipinski definition) is 0. The molecule has 0 bridgehead atoms. The van der Waals surface area contributed by atoms with Gasteiger partial charge >= 0.3 is 6.09 Å². The van der Waals surface area contributed by atoms with E-state index in [4.69, 9.17) is 14.2 Å². The van der Waals surface area contributed by atoms with E-state index in [9.17, 15) is 4.79 Å². The van der Waals surface area contributed by atoms with Crippen molar-refractivity contribution < 1.29 is 19.0 Å². The van der Waals surface area contributed by atoms with Crippen molar-refractivity contribution in [2.45, 2.75) is 52.2 Å². The van der Waals surface area contributed by atoms with E-state index in [0.717, 1.165) is 48.4 Å². The van der Waals surface area contributed by atoms with Gasteiger partial charge in [-0.3, -0.25) is 4.99 Å². The molecular formula is C26H30N2O4. The highest BCUT2D eigenvalue weighted by molar-refractivity contribution is 5.71. The number of carbonyl (C=O) groups is 1. The lowest BCUT2D eigenvalue weighted by Gasteiger charge is -2.21. The van der Waals surface area contributed by atoms with Crippen LogP contribution in [0.25, 0.3) is 0 Å². The molecule has 1 aliphatic carbocycles. The second kappa shape index (κ2) is 10.4. The third-order valence-corrected chi connectivity index (χ3v) is 5.49. The van der Waals surface area contributed by atoms with Gasteiger partial charge in [0.15, 0.2) is 0 Å². The Morgan fingerprint density at radius 3 is 2.62 bits per heavy atom. The summed E-state index contributed by atoms with van der Waals surface area (Å²) in [6.45, 7) is 5.60. The zero-order chi connectivity index (χ0) is 22.3. The van der Waals surface area contributed by atoms with Crippen LogP contribution >= 0.6 is 0 Å².